The average molecular weight is 273 g/mol. The van der Waals surface area contributed by atoms with E-state index in [1.165, 1.54) is 16.7 Å². The Balaban J connectivity index is 2.23. The van der Waals surface area contributed by atoms with Gasteiger partial charge in [-0.3, -0.25) is 0 Å². The SMILES string of the molecule is OCCc1[c]ccc(-c2ccccc2)c1-c1ccccc1. The van der Waals surface area contributed by atoms with Crippen molar-refractivity contribution in [2.45, 2.75) is 6.42 Å². The zero-order valence-corrected chi connectivity index (χ0v) is 11.8. The van der Waals surface area contributed by atoms with Gasteiger partial charge in [-0.25, -0.2) is 0 Å². The molecule has 1 radical (unpaired) electrons. The van der Waals surface area contributed by atoms with Gasteiger partial charge in [0.15, 0.2) is 0 Å². The molecule has 3 aromatic rings. The van der Waals surface area contributed by atoms with Gasteiger partial charge in [-0.15, -0.1) is 0 Å². The normalized spacial score (nSPS) is 10.5. The molecule has 0 aromatic heterocycles. The second-order valence-electron chi connectivity index (χ2n) is 4.95. The van der Waals surface area contributed by atoms with Gasteiger partial charge in [0.1, 0.15) is 0 Å². The summed E-state index contributed by atoms with van der Waals surface area (Å²) in [6.45, 7) is 0.134. The van der Waals surface area contributed by atoms with Crippen LogP contribution in [-0.4, -0.2) is 11.7 Å². The van der Waals surface area contributed by atoms with Crippen molar-refractivity contribution in [2.24, 2.45) is 0 Å². The second kappa shape index (κ2) is 6.38. The fourth-order valence-electron chi connectivity index (χ4n) is 2.65. The molecule has 0 bridgehead atoms. The van der Waals surface area contributed by atoms with Gasteiger partial charge in [-0.05, 0) is 40.3 Å². The molecule has 0 unspecified atom stereocenters. The highest BCUT2D eigenvalue weighted by Crippen LogP contribution is 2.34. The van der Waals surface area contributed by atoms with E-state index < -0.39 is 0 Å². The largest absolute Gasteiger partial charge is 0.396 e. The highest BCUT2D eigenvalue weighted by Gasteiger charge is 2.11. The summed E-state index contributed by atoms with van der Waals surface area (Å²) in [5.41, 5.74) is 5.76. The molecule has 21 heavy (non-hydrogen) atoms. The van der Waals surface area contributed by atoms with E-state index >= 15 is 0 Å². The van der Waals surface area contributed by atoms with E-state index in [0.29, 0.717) is 6.42 Å². The van der Waals surface area contributed by atoms with Gasteiger partial charge >= 0.3 is 0 Å². The number of benzene rings is 3. The quantitative estimate of drug-likeness (QED) is 0.749. The van der Waals surface area contributed by atoms with Crippen LogP contribution in [0.15, 0.2) is 72.8 Å². The maximum Gasteiger partial charge on any atom is 0.0471 e. The van der Waals surface area contributed by atoms with E-state index in [9.17, 15) is 5.11 Å². The van der Waals surface area contributed by atoms with Crippen molar-refractivity contribution < 1.29 is 5.11 Å². The minimum Gasteiger partial charge on any atom is -0.396 e. The Morgan fingerprint density at radius 1 is 0.762 bits per heavy atom. The van der Waals surface area contributed by atoms with Gasteiger partial charge in [0.25, 0.3) is 0 Å². The van der Waals surface area contributed by atoms with Gasteiger partial charge in [-0.1, -0.05) is 72.8 Å². The minimum atomic E-state index is 0.134. The standard InChI is InChI=1S/C20H17O/c21-15-14-18-12-7-13-19(16-8-3-1-4-9-16)20(18)17-10-5-2-6-11-17/h1-11,13,21H,14-15H2. The first-order valence-corrected chi connectivity index (χ1v) is 7.15. The van der Waals surface area contributed by atoms with Crippen molar-refractivity contribution in [2.75, 3.05) is 6.61 Å². The number of aliphatic hydroxyl groups is 1. The van der Waals surface area contributed by atoms with Gasteiger partial charge in [0.05, 0.1) is 0 Å². The lowest BCUT2D eigenvalue weighted by Gasteiger charge is -2.15. The molecule has 0 saturated heterocycles. The summed E-state index contributed by atoms with van der Waals surface area (Å²) < 4.78 is 0. The summed E-state index contributed by atoms with van der Waals surface area (Å²) in [7, 11) is 0. The van der Waals surface area contributed by atoms with E-state index in [2.05, 4.69) is 36.4 Å². The molecule has 1 nitrogen and oxygen atoms in total. The van der Waals surface area contributed by atoms with Crippen LogP contribution in [-0.2, 0) is 6.42 Å². The fourth-order valence-corrected chi connectivity index (χ4v) is 2.65. The Kier molecular flexibility index (Phi) is 4.13. The van der Waals surface area contributed by atoms with Crippen molar-refractivity contribution in [3.8, 4) is 22.3 Å². The molecule has 1 N–H and O–H groups in total. The van der Waals surface area contributed by atoms with Gasteiger partial charge in [-0.2, -0.15) is 0 Å². The predicted octanol–water partition coefficient (Wildman–Crippen LogP) is 4.36. The molecule has 0 aliphatic heterocycles. The maximum absolute atomic E-state index is 9.33. The van der Waals surface area contributed by atoms with Crippen LogP contribution in [0, 0.1) is 6.07 Å². The van der Waals surface area contributed by atoms with Crippen molar-refractivity contribution in [3.05, 3.63) is 84.4 Å². The van der Waals surface area contributed by atoms with E-state index in [4.69, 9.17) is 0 Å². The highest BCUT2D eigenvalue weighted by molar-refractivity contribution is 5.85. The number of hydrogen-bond acceptors (Lipinski definition) is 1. The zero-order chi connectivity index (χ0) is 14.5. The van der Waals surface area contributed by atoms with Gasteiger partial charge < -0.3 is 5.11 Å². The van der Waals surface area contributed by atoms with Crippen molar-refractivity contribution in [1.29, 1.82) is 0 Å². The van der Waals surface area contributed by atoms with Crippen molar-refractivity contribution in [1.82, 2.24) is 0 Å². The monoisotopic (exact) mass is 273 g/mol. The lowest BCUT2D eigenvalue weighted by molar-refractivity contribution is 0.299. The van der Waals surface area contributed by atoms with E-state index in [1.54, 1.807) is 0 Å². The van der Waals surface area contributed by atoms with Crippen LogP contribution >= 0.6 is 0 Å². The number of aliphatic hydroxyl groups excluding tert-OH is 1. The molecule has 0 heterocycles. The second-order valence-corrected chi connectivity index (χ2v) is 4.95. The van der Waals surface area contributed by atoms with E-state index in [0.717, 1.165) is 11.1 Å². The Morgan fingerprint density at radius 2 is 1.38 bits per heavy atom. The van der Waals surface area contributed by atoms with Gasteiger partial charge in [0, 0.05) is 6.61 Å². The Hall–Kier alpha value is -2.38. The molecule has 103 valence electrons. The number of rotatable bonds is 4. The molecule has 0 aliphatic carbocycles. The molecule has 0 saturated carbocycles. The predicted molar refractivity (Wildman–Crippen MR) is 86.9 cm³/mol. The van der Waals surface area contributed by atoms with Crippen molar-refractivity contribution >= 4 is 0 Å². The lowest BCUT2D eigenvalue weighted by atomic mass is 9.89. The summed E-state index contributed by atoms with van der Waals surface area (Å²) in [5.74, 6) is 0. The average Bonchev–Trinajstić information content (AvgIpc) is 2.56. The molecule has 3 aromatic carbocycles. The smallest absolute Gasteiger partial charge is 0.0471 e. The van der Waals surface area contributed by atoms with E-state index in [1.807, 2.05) is 42.5 Å². The molecule has 0 amide bonds. The summed E-state index contributed by atoms with van der Waals surface area (Å²) in [6, 6.07) is 28.0. The van der Waals surface area contributed by atoms with Crippen LogP contribution in [0.5, 0.6) is 0 Å². The Labute approximate surface area is 125 Å². The fraction of sp³-hybridized carbons (Fsp3) is 0.100. The molecular formula is C20H17O. The zero-order valence-electron chi connectivity index (χ0n) is 11.8. The van der Waals surface area contributed by atoms with Crippen LogP contribution in [0.25, 0.3) is 22.3 Å². The first-order valence-electron chi connectivity index (χ1n) is 7.15. The Bertz CT molecular complexity index is 702. The van der Waals surface area contributed by atoms with Crippen LogP contribution < -0.4 is 0 Å². The van der Waals surface area contributed by atoms with Gasteiger partial charge in [0.2, 0.25) is 0 Å². The number of hydrogen-bond donors (Lipinski definition) is 1. The third kappa shape index (κ3) is 2.88. The minimum absolute atomic E-state index is 0.134. The van der Waals surface area contributed by atoms with Crippen LogP contribution in [0.4, 0.5) is 0 Å². The summed E-state index contributed by atoms with van der Waals surface area (Å²) in [4.78, 5) is 0. The molecule has 0 atom stereocenters. The van der Waals surface area contributed by atoms with Crippen LogP contribution in [0.2, 0.25) is 0 Å². The summed E-state index contributed by atoms with van der Waals surface area (Å²) in [5, 5.41) is 9.33. The Morgan fingerprint density at radius 3 is 2.00 bits per heavy atom. The first-order chi connectivity index (χ1) is 10.4. The molecule has 1 heteroatoms. The van der Waals surface area contributed by atoms with Crippen molar-refractivity contribution in [3.63, 3.8) is 0 Å². The topological polar surface area (TPSA) is 20.2 Å². The summed E-state index contributed by atoms with van der Waals surface area (Å²) >= 11 is 0. The third-order valence-corrected chi connectivity index (χ3v) is 3.59. The third-order valence-electron chi connectivity index (χ3n) is 3.59. The molecule has 0 aliphatic rings. The van der Waals surface area contributed by atoms with Crippen LogP contribution in [0.1, 0.15) is 5.56 Å². The maximum atomic E-state index is 9.33. The molecule has 0 spiro atoms. The highest BCUT2D eigenvalue weighted by atomic mass is 16.2. The first kappa shape index (κ1) is 13.6. The molecule has 3 rings (SSSR count). The molecule has 0 fully saturated rings. The summed E-state index contributed by atoms with van der Waals surface area (Å²) in [6.07, 6.45) is 0.616. The van der Waals surface area contributed by atoms with E-state index in [-0.39, 0.29) is 6.61 Å². The van der Waals surface area contributed by atoms with Crippen LogP contribution in [0.3, 0.4) is 0 Å². The lowest BCUT2D eigenvalue weighted by Crippen LogP contribution is -1.97. The molecular weight excluding hydrogens is 256 g/mol.